The van der Waals surface area contributed by atoms with Gasteiger partial charge in [-0.1, -0.05) is 0 Å². The van der Waals surface area contributed by atoms with Crippen molar-refractivity contribution in [2.24, 2.45) is 10.9 Å². The fourth-order valence-electron chi connectivity index (χ4n) is 2.71. The molecule has 1 fully saturated rings. The minimum absolute atomic E-state index is 0.150. The Balaban J connectivity index is 1.77. The van der Waals surface area contributed by atoms with Crippen LogP contribution in [0.4, 0.5) is 4.79 Å². The van der Waals surface area contributed by atoms with E-state index in [9.17, 15) is 9.90 Å². The summed E-state index contributed by atoms with van der Waals surface area (Å²) < 4.78 is 5.39. The summed E-state index contributed by atoms with van der Waals surface area (Å²) in [5, 5.41) is 12.9. The highest BCUT2D eigenvalue weighted by molar-refractivity contribution is 5.87. The Kier molecular flexibility index (Phi) is 5.08. The van der Waals surface area contributed by atoms with Crippen LogP contribution in [0, 0.1) is 5.92 Å². The second kappa shape index (κ2) is 6.64. The first-order valence-corrected chi connectivity index (χ1v) is 7.76. The minimum Gasteiger partial charge on any atom is -0.444 e. The third-order valence-corrected chi connectivity index (χ3v) is 3.77. The van der Waals surface area contributed by atoms with Crippen LogP contribution >= 0.6 is 0 Å². The summed E-state index contributed by atoms with van der Waals surface area (Å²) in [5.41, 5.74) is -0.473. The van der Waals surface area contributed by atoms with Crippen LogP contribution in [-0.4, -0.2) is 59.8 Å². The molecule has 0 bridgehead atoms. The van der Waals surface area contributed by atoms with Crippen LogP contribution in [0.15, 0.2) is 4.99 Å². The van der Waals surface area contributed by atoms with Gasteiger partial charge >= 0.3 is 6.09 Å². The molecule has 0 saturated heterocycles. The lowest BCUT2D eigenvalue weighted by atomic mass is 10.1. The van der Waals surface area contributed by atoms with Gasteiger partial charge in [0.25, 0.3) is 0 Å². The van der Waals surface area contributed by atoms with E-state index in [1.807, 2.05) is 20.8 Å². The molecule has 6 heteroatoms. The first-order chi connectivity index (χ1) is 9.83. The van der Waals surface area contributed by atoms with Gasteiger partial charge in [-0.3, -0.25) is 9.89 Å². The van der Waals surface area contributed by atoms with Crippen LogP contribution in [-0.2, 0) is 4.74 Å². The number of ether oxygens (including phenoxy) is 1. The van der Waals surface area contributed by atoms with Crippen molar-refractivity contribution in [1.29, 1.82) is 0 Å². The zero-order chi connectivity index (χ0) is 15.5. The van der Waals surface area contributed by atoms with Gasteiger partial charge in [0.1, 0.15) is 11.4 Å². The third kappa shape index (κ3) is 5.19. The summed E-state index contributed by atoms with van der Waals surface area (Å²) >= 11 is 0. The Hall–Kier alpha value is -1.30. The molecular formula is C15H27N3O3. The number of amides is 1. The number of nitrogens with one attached hydrogen (secondary N) is 1. The second-order valence-electron chi connectivity index (χ2n) is 6.94. The van der Waals surface area contributed by atoms with E-state index < -0.39 is 5.60 Å². The van der Waals surface area contributed by atoms with E-state index in [2.05, 4.69) is 10.3 Å². The number of aliphatic imine (C=N–C) groups is 1. The van der Waals surface area contributed by atoms with E-state index >= 15 is 0 Å². The zero-order valence-electron chi connectivity index (χ0n) is 13.3. The largest absolute Gasteiger partial charge is 0.444 e. The highest BCUT2D eigenvalue weighted by Gasteiger charge is 2.26. The van der Waals surface area contributed by atoms with Crippen molar-refractivity contribution >= 4 is 11.9 Å². The van der Waals surface area contributed by atoms with Gasteiger partial charge in [0.15, 0.2) is 0 Å². The summed E-state index contributed by atoms with van der Waals surface area (Å²) in [4.78, 5) is 18.2. The molecular weight excluding hydrogens is 270 g/mol. The molecule has 0 radical (unpaired) electrons. The standard InChI is InChI=1S/C15H27N3O3/c1-15(2,3)21-14(20)18-7-6-16-13(10-18)17-9-11-4-5-12(19)8-11/h11-12,19H,4-10H2,1-3H3,(H,16,17). The van der Waals surface area contributed by atoms with E-state index in [0.717, 1.165) is 31.6 Å². The molecule has 1 aliphatic heterocycles. The lowest BCUT2D eigenvalue weighted by molar-refractivity contribution is 0.0276. The quantitative estimate of drug-likeness (QED) is 0.807. The molecule has 0 aromatic heterocycles. The number of aliphatic hydroxyl groups is 1. The van der Waals surface area contributed by atoms with Crippen molar-refractivity contribution < 1.29 is 14.6 Å². The van der Waals surface area contributed by atoms with Crippen LogP contribution < -0.4 is 5.32 Å². The number of hydrogen-bond donors (Lipinski definition) is 2. The molecule has 2 atom stereocenters. The van der Waals surface area contributed by atoms with Crippen LogP contribution in [0.2, 0.25) is 0 Å². The molecule has 1 amide bonds. The van der Waals surface area contributed by atoms with Gasteiger partial charge in [0.2, 0.25) is 0 Å². The molecule has 6 nitrogen and oxygen atoms in total. The van der Waals surface area contributed by atoms with Crippen molar-refractivity contribution in [2.75, 3.05) is 26.2 Å². The van der Waals surface area contributed by atoms with E-state index in [-0.39, 0.29) is 12.2 Å². The Labute approximate surface area is 126 Å². The van der Waals surface area contributed by atoms with Gasteiger partial charge in [-0.25, -0.2) is 4.79 Å². The number of rotatable bonds is 2. The summed E-state index contributed by atoms with van der Waals surface area (Å²) in [6.07, 6.45) is 2.37. The van der Waals surface area contributed by atoms with Gasteiger partial charge in [-0.15, -0.1) is 0 Å². The summed E-state index contributed by atoms with van der Waals surface area (Å²) in [5.74, 6) is 1.34. The zero-order valence-corrected chi connectivity index (χ0v) is 13.3. The lowest BCUT2D eigenvalue weighted by Crippen LogP contribution is -2.47. The van der Waals surface area contributed by atoms with Crippen LogP contribution in [0.1, 0.15) is 40.0 Å². The molecule has 1 aliphatic carbocycles. The van der Waals surface area contributed by atoms with Gasteiger partial charge in [0, 0.05) is 13.1 Å². The molecule has 1 heterocycles. The topological polar surface area (TPSA) is 74.2 Å². The third-order valence-electron chi connectivity index (χ3n) is 3.77. The first kappa shape index (κ1) is 16.1. The fraction of sp³-hybridized carbons (Fsp3) is 0.867. The highest BCUT2D eigenvalue weighted by Crippen LogP contribution is 2.24. The Bertz CT molecular complexity index is 403. The van der Waals surface area contributed by atoms with Gasteiger partial charge in [-0.2, -0.15) is 0 Å². The van der Waals surface area contributed by atoms with Crippen molar-refractivity contribution in [1.82, 2.24) is 10.2 Å². The number of nitrogens with zero attached hydrogens (tertiary/aromatic N) is 2. The van der Waals surface area contributed by atoms with Crippen LogP contribution in [0.5, 0.6) is 0 Å². The predicted octanol–water partition coefficient (Wildman–Crippen LogP) is 1.39. The Morgan fingerprint density at radius 3 is 2.86 bits per heavy atom. The van der Waals surface area contributed by atoms with Crippen molar-refractivity contribution in [3.8, 4) is 0 Å². The molecule has 0 aromatic carbocycles. The smallest absolute Gasteiger partial charge is 0.410 e. The van der Waals surface area contributed by atoms with Crippen LogP contribution in [0.3, 0.4) is 0 Å². The number of amidine groups is 1. The van der Waals surface area contributed by atoms with Crippen molar-refractivity contribution in [3.63, 3.8) is 0 Å². The summed E-state index contributed by atoms with van der Waals surface area (Å²) in [6, 6.07) is 0. The summed E-state index contributed by atoms with van der Waals surface area (Å²) in [7, 11) is 0. The monoisotopic (exact) mass is 297 g/mol. The van der Waals surface area contributed by atoms with Crippen molar-refractivity contribution in [3.05, 3.63) is 0 Å². The van der Waals surface area contributed by atoms with E-state index in [1.165, 1.54) is 0 Å². The van der Waals surface area contributed by atoms with E-state index in [0.29, 0.717) is 25.6 Å². The second-order valence-corrected chi connectivity index (χ2v) is 6.94. The number of aliphatic hydroxyl groups excluding tert-OH is 1. The van der Waals surface area contributed by atoms with Gasteiger partial charge in [0.05, 0.1) is 19.2 Å². The fourth-order valence-corrected chi connectivity index (χ4v) is 2.71. The molecule has 2 N–H and O–H groups in total. The minimum atomic E-state index is -0.473. The van der Waals surface area contributed by atoms with Crippen LogP contribution in [0.25, 0.3) is 0 Å². The normalized spacial score (nSPS) is 26.5. The average Bonchev–Trinajstić information content (AvgIpc) is 2.81. The highest BCUT2D eigenvalue weighted by atomic mass is 16.6. The molecule has 0 aromatic rings. The van der Waals surface area contributed by atoms with E-state index in [4.69, 9.17) is 4.74 Å². The molecule has 1 saturated carbocycles. The van der Waals surface area contributed by atoms with Crippen molar-refractivity contribution in [2.45, 2.75) is 51.7 Å². The number of carbonyl (C=O) groups is 1. The molecule has 2 unspecified atom stereocenters. The Morgan fingerprint density at radius 1 is 1.48 bits per heavy atom. The maximum absolute atomic E-state index is 12.1. The lowest BCUT2D eigenvalue weighted by Gasteiger charge is -2.30. The molecule has 21 heavy (non-hydrogen) atoms. The van der Waals surface area contributed by atoms with E-state index in [1.54, 1.807) is 4.90 Å². The average molecular weight is 297 g/mol. The number of carbonyl (C=O) groups excluding carboxylic acids is 1. The summed E-state index contributed by atoms with van der Waals surface area (Å²) in [6.45, 7) is 8.11. The Morgan fingerprint density at radius 2 is 2.24 bits per heavy atom. The molecule has 0 spiro atoms. The SMILES string of the molecule is CC(C)(C)OC(=O)N1CCN=C(NCC2CCC(O)C2)C1. The first-order valence-electron chi connectivity index (χ1n) is 7.76. The molecule has 2 rings (SSSR count). The molecule has 2 aliphatic rings. The van der Waals surface area contributed by atoms with Gasteiger partial charge in [-0.05, 0) is 46.0 Å². The predicted molar refractivity (Wildman–Crippen MR) is 81.5 cm³/mol. The maximum atomic E-state index is 12.1. The number of hydrogen-bond acceptors (Lipinski definition) is 5. The van der Waals surface area contributed by atoms with Gasteiger partial charge < -0.3 is 15.2 Å². The maximum Gasteiger partial charge on any atom is 0.410 e. The molecule has 120 valence electrons.